The first kappa shape index (κ1) is 31.6. The van der Waals surface area contributed by atoms with Crippen molar-refractivity contribution in [2.75, 3.05) is 4.90 Å². The Labute approximate surface area is 320 Å². The van der Waals surface area contributed by atoms with Crippen LogP contribution in [0, 0.1) is 0 Å². The van der Waals surface area contributed by atoms with E-state index in [9.17, 15) is 0 Å². The summed E-state index contributed by atoms with van der Waals surface area (Å²) in [6, 6.07) is 68.5. The summed E-state index contributed by atoms with van der Waals surface area (Å²) in [5.41, 5.74) is 15.0. The molecule has 260 valence electrons. The van der Waals surface area contributed by atoms with Gasteiger partial charge < -0.3 is 9.32 Å². The van der Waals surface area contributed by atoms with Crippen LogP contribution in [0.3, 0.4) is 0 Å². The molecular formula is C53H37NO. The van der Waals surface area contributed by atoms with E-state index in [-0.39, 0.29) is 5.41 Å². The van der Waals surface area contributed by atoms with Gasteiger partial charge in [0.25, 0.3) is 0 Å². The van der Waals surface area contributed by atoms with E-state index in [1.165, 1.54) is 54.9 Å². The molecule has 0 atom stereocenters. The van der Waals surface area contributed by atoms with Crippen molar-refractivity contribution in [3.8, 4) is 33.4 Å². The minimum absolute atomic E-state index is 0.142. The molecular weight excluding hydrogens is 667 g/mol. The second kappa shape index (κ2) is 12.1. The van der Waals surface area contributed by atoms with Crippen LogP contribution in [0.25, 0.3) is 76.9 Å². The van der Waals surface area contributed by atoms with Crippen LogP contribution in [0.15, 0.2) is 192 Å². The zero-order valence-corrected chi connectivity index (χ0v) is 30.8. The number of fused-ring (bicyclic) bond motifs is 9. The van der Waals surface area contributed by atoms with Gasteiger partial charge in [0.2, 0.25) is 0 Å². The largest absolute Gasteiger partial charge is 0.456 e. The quantitative estimate of drug-likeness (QED) is 0.166. The molecule has 0 saturated carbocycles. The van der Waals surface area contributed by atoms with Crippen molar-refractivity contribution in [1.29, 1.82) is 0 Å². The first-order valence-electron chi connectivity index (χ1n) is 19.1. The molecule has 2 heteroatoms. The SMILES string of the molecule is CC1(C)c2ccccc2-c2ccc(N(c3ccc4c(ccc5ccccc54)c3)c3ccc4oc5ccccc5c4c3-c3ccc(-c4ccccc4)cc3)cc21. The summed E-state index contributed by atoms with van der Waals surface area (Å²) in [4.78, 5) is 2.47. The molecule has 1 aromatic heterocycles. The van der Waals surface area contributed by atoms with Crippen molar-refractivity contribution >= 4 is 60.5 Å². The van der Waals surface area contributed by atoms with Gasteiger partial charge in [-0.25, -0.2) is 0 Å². The maximum Gasteiger partial charge on any atom is 0.136 e. The fraction of sp³-hybridized carbons (Fsp3) is 0.0566. The van der Waals surface area contributed by atoms with E-state index in [0.717, 1.165) is 50.1 Å². The second-order valence-corrected chi connectivity index (χ2v) is 15.3. The van der Waals surface area contributed by atoms with Gasteiger partial charge in [0.1, 0.15) is 11.2 Å². The first-order valence-corrected chi connectivity index (χ1v) is 19.1. The highest BCUT2D eigenvalue weighted by Gasteiger charge is 2.36. The minimum Gasteiger partial charge on any atom is -0.456 e. The van der Waals surface area contributed by atoms with Crippen molar-refractivity contribution in [3.05, 3.63) is 199 Å². The van der Waals surface area contributed by atoms with Gasteiger partial charge in [0, 0.05) is 33.1 Å². The van der Waals surface area contributed by atoms with Gasteiger partial charge in [-0.1, -0.05) is 159 Å². The van der Waals surface area contributed by atoms with Crippen molar-refractivity contribution in [1.82, 2.24) is 0 Å². The summed E-state index contributed by atoms with van der Waals surface area (Å²) in [6.07, 6.45) is 0. The number of rotatable bonds is 5. The Balaban J connectivity index is 1.20. The third-order valence-electron chi connectivity index (χ3n) is 11.9. The number of benzene rings is 9. The molecule has 1 heterocycles. The number of anilines is 3. The van der Waals surface area contributed by atoms with Gasteiger partial charge in [0.05, 0.1) is 5.69 Å². The lowest BCUT2D eigenvalue weighted by Gasteiger charge is -2.30. The maximum absolute atomic E-state index is 6.56. The van der Waals surface area contributed by atoms with Crippen molar-refractivity contribution in [2.24, 2.45) is 0 Å². The number of para-hydroxylation sites is 1. The Morgan fingerprint density at radius 2 is 1.05 bits per heavy atom. The van der Waals surface area contributed by atoms with Crippen LogP contribution in [0.4, 0.5) is 17.1 Å². The van der Waals surface area contributed by atoms with Gasteiger partial charge in [-0.3, -0.25) is 0 Å². The van der Waals surface area contributed by atoms with Gasteiger partial charge in [0.15, 0.2) is 0 Å². The van der Waals surface area contributed by atoms with Crippen LogP contribution in [0.5, 0.6) is 0 Å². The molecule has 0 radical (unpaired) electrons. The zero-order chi connectivity index (χ0) is 36.7. The van der Waals surface area contributed by atoms with E-state index in [0.29, 0.717) is 0 Å². The zero-order valence-electron chi connectivity index (χ0n) is 30.8. The summed E-state index contributed by atoms with van der Waals surface area (Å²) in [5.74, 6) is 0. The van der Waals surface area contributed by atoms with E-state index in [1.807, 2.05) is 0 Å². The van der Waals surface area contributed by atoms with Crippen molar-refractivity contribution < 1.29 is 4.42 Å². The molecule has 10 aromatic rings. The molecule has 11 rings (SSSR count). The van der Waals surface area contributed by atoms with Gasteiger partial charge in [-0.2, -0.15) is 0 Å². The molecule has 0 spiro atoms. The molecule has 0 saturated heterocycles. The molecule has 0 bridgehead atoms. The molecule has 0 aliphatic heterocycles. The average molecular weight is 704 g/mol. The fourth-order valence-electron chi connectivity index (χ4n) is 9.14. The third-order valence-corrected chi connectivity index (χ3v) is 11.9. The van der Waals surface area contributed by atoms with E-state index in [1.54, 1.807) is 0 Å². The van der Waals surface area contributed by atoms with Gasteiger partial charge >= 0.3 is 0 Å². The number of hydrogen-bond acceptors (Lipinski definition) is 2. The number of nitrogens with zero attached hydrogens (tertiary/aromatic N) is 1. The normalized spacial score (nSPS) is 13.1. The van der Waals surface area contributed by atoms with Crippen molar-refractivity contribution in [2.45, 2.75) is 19.3 Å². The predicted octanol–water partition coefficient (Wildman–Crippen LogP) is 15.0. The lowest BCUT2D eigenvalue weighted by Crippen LogP contribution is -2.17. The van der Waals surface area contributed by atoms with Crippen molar-refractivity contribution in [3.63, 3.8) is 0 Å². The Bertz CT molecular complexity index is 3110. The molecule has 0 amide bonds. The summed E-state index contributed by atoms with van der Waals surface area (Å²) < 4.78 is 6.56. The van der Waals surface area contributed by atoms with Crippen LogP contribution in [0.2, 0.25) is 0 Å². The summed E-state index contributed by atoms with van der Waals surface area (Å²) in [5, 5.41) is 7.20. The average Bonchev–Trinajstić information content (AvgIpc) is 3.73. The maximum atomic E-state index is 6.56. The molecule has 0 unspecified atom stereocenters. The molecule has 2 nitrogen and oxygen atoms in total. The lowest BCUT2D eigenvalue weighted by atomic mass is 9.82. The topological polar surface area (TPSA) is 16.4 Å². The molecule has 9 aromatic carbocycles. The highest BCUT2D eigenvalue weighted by atomic mass is 16.3. The third kappa shape index (κ3) is 4.88. The molecule has 55 heavy (non-hydrogen) atoms. The highest BCUT2D eigenvalue weighted by molar-refractivity contribution is 6.17. The Hall–Kier alpha value is -6.90. The predicted molar refractivity (Wildman–Crippen MR) is 232 cm³/mol. The molecule has 0 N–H and O–H groups in total. The van der Waals surface area contributed by atoms with Crippen LogP contribution in [-0.4, -0.2) is 0 Å². The molecule has 1 aliphatic carbocycles. The summed E-state index contributed by atoms with van der Waals surface area (Å²) in [7, 11) is 0. The molecule has 0 fully saturated rings. The van der Waals surface area contributed by atoms with Crippen LogP contribution < -0.4 is 4.90 Å². The number of furan rings is 1. The minimum atomic E-state index is -0.142. The van der Waals surface area contributed by atoms with Gasteiger partial charge in [-0.15, -0.1) is 0 Å². The van der Waals surface area contributed by atoms with E-state index < -0.39 is 0 Å². The first-order chi connectivity index (χ1) is 27.0. The second-order valence-electron chi connectivity index (χ2n) is 15.3. The Morgan fingerprint density at radius 1 is 0.418 bits per heavy atom. The summed E-state index contributed by atoms with van der Waals surface area (Å²) >= 11 is 0. The smallest absolute Gasteiger partial charge is 0.136 e. The Kier molecular flexibility index (Phi) is 6.93. The fourth-order valence-corrected chi connectivity index (χ4v) is 9.14. The van der Waals surface area contributed by atoms with Crippen LogP contribution >= 0.6 is 0 Å². The highest BCUT2D eigenvalue weighted by Crippen LogP contribution is 2.52. The van der Waals surface area contributed by atoms with Gasteiger partial charge in [-0.05, 0) is 103 Å². The number of hydrogen-bond donors (Lipinski definition) is 0. The van der Waals surface area contributed by atoms with Crippen LogP contribution in [0.1, 0.15) is 25.0 Å². The summed E-state index contributed by atoms with van der Waals surface area (Å²) in [6.45, 7) is 4.71. The van der Waals surface area contributed by atoms with E-state index in [4.69, 9.17) is 4.42 Å². The molecule has 1 aliphatic rings. The monoisotopic (exact) mass is 703 g/mol. The lowest BCUT2D eigenvalue weighted by molar-refractivity contribution is 0.660. The van der Waals surface area contributed by atoms with E-state index in [2.05, 4.69) is 207 Å². The van der Waals surface area contributed by atoms with Crippen LogP contribution in [-0.2, 0) is 5.41 Å². The standard InChI is InChI=1S/C53H37NO/c1-53(2)46-18-10-8-16-43(46)44-29-27-40(33-47(44)53)54(39-26-28-42-38(32-39)25-22-36-14-6-7-15-41(36)42)48-30-31-50-52(45-17-9-11-19-49(45)55-50)51(48)37-23-20-35(21-24-37)34-12-4-3-5-13-34/h3-33H,1-2H3. The Morgan fingerprint density at radius 3 is 1.93 bits per heavy atom. The van der Waals surface area contributed by atoms with E-state index >= 15 is 0 Å².